The molecule has 6 nitrogen and oxygen atoms in total. The molecule has 23 heavy (non-hydrogen) atoms. The topological polar surface area (TPSA) is 81.2 Å². The Labute approximate surface area is 132 Å². The SMILES string of the molecule is CC(=O)Oc1c(C)cccc1C(=O)Nc1nsc(C(F)(F)F)n1. The van der Waals surface area contributed by atoms with Gasteiger partial charge in [0.1, 0.15) is 5.75 Å². The maximum Gasteiger partial charge on any atom is 0.444 e. The summed E-state index contributed by atoms with van der Waals surface area (Å²) < 4.78 is 45.8. The summed E-state index contributed by atoms with van der Waals surface area (Å²) in [6.07, 6.45) is -4.63. The zero-order valence-electron chi connectivity index (χ0n) is 11.9. The maximum absolute atomic E-state index is 12.5. The molecule has 1 amide bonds. The van der Waals surface area contributed by atoms with Gasteiger partial charge < -0.3 is 4.74 Å². The fourth-order valence-corrected chi connectivity index (χ4v) is 2.16. The van der Waals surface area contributed by atoms with Crippen LogP contribution in [0, 0.1) is 6.92 Å². The first kappa shape index (κ1) is 16.9. The number of benzene rings is 1. The van der Waals surface area contributed by atoms with Gasteiger partial charge in [0.2, 0.25) is 11.0 Å². The second-order valence-electron chi connectivity index (χ2n) is 4.42. The summed E-state index contributed by atoms with van der Waals surface area (Å²) in [7, 11) is 0. The van der Waals surface area contributed by atoms with Crippen LogP contribution in [0.25, 0.3) is 0 Å². The lowest BCUT2D eigenvalue weighted by Crippen LogP contribution is -2.16. The van der Waals surface area contributed by atoms with E-state index in [0.717, 1.165) is 0 Å². The number of halogens is 3. The second-order valence-corrected chi connectivity index (χ2v) is 5.17. The van der Waals surface area contributed by atoms with Crippen LogP contribution in [0.4, 0.5) is 19.1 Å². The molecule has 2 rings (SSSR count). The predicted octanol–water partition coefficient (Wildman–Crippen LogP) is 3.04. The van der Waals surface area contributed by atoms with Crippen molar-refractivity contribution in [2.45, 2.75) is 20.0 Å². The standard InChI is InChI=1S/C13H10F3N3O3S/c1-6-4-3-5-8(9(6)22-7(2)20)10(21)17-12-18-11(23-19-12)13(14,15)16/h3-5H,1-2H3,(H,17,19,21). The van der Waals surface area contributed by atoms with Crippen molar-refractivity contribution in [1.29, 1.82) is 0 Å². The number of anilines is 1. The van der Waals surface area contributed by atoms with E-state index in [9.17, 15) is 22.8 Å². The van der Waals surface area contributed by atoms with Crippen LogP contribution in [0.1, 0.15) is 27.9 Å². The molecule has 1 aromatic heterocycles. The molecular weight excluding hydrogens is 335 g/mol. The molecule has 0 aliphatic rings. The number of rotatable bonds is 3. The van der Waals surface area contributed by atoms with Gasteiger partial charge >= 0.3 is 12.1 Å². The smallest absolute Gasteiger partial charge is 0.426 e. The number of carbonyl (C=O) groups excluding carboxylic acids is 2. The Balaban J connectivity index is 2.26. The van der Waals surface area contributed by atoms with E-state index in [0.29, 0.717) is 5.56 Å². The van der Waals surface area contributed by atoms with Gasteiger partial charge in [-0.15, -0.1) is 0 Å². The number of nitrogens with one attached hydrogen (secondary N) is 1. The predicted molar refractivity (Wildman–Crippen MR) is 75.4 cm³/mol. The molecule has 0 atom stereocenters. The number of hydrogen-bond donors (Lipinski definition) is 1. The van der Waals surface area contributed by atoms with Crippen LogP contribution in [-0.4, -0.2) is 21.2 Å². The average Bonchev–Trinajstić information content (AvgIpc) is 2.89. The maximum atomic E-state index is 12.5. The normalized spacial score (nSPS) is 11.2. The summed E-state index contributed by atoms with van der Waals surface area (Å²) in [6.45, 7) is 2.80. The molecule has 1 N–H and O–H groups in total. The van der Waals surface area contributed by atoms with Gasteiger partial charge in [-0.1, -0.05) is 12.1 Å². The van der Waals surface area contributed by atoms with Gasteiger partial charge in [0.05, 0.1) is 5.56 Å². The first-order chi connectivity index (χ1) is 10.7. The third-order valence-corrected chi connectivity index (χ3v) is 3.36. The lowest BCUT2D eigenvalue weighted by molar-refractivity contribution is -0.137. The molecule has 10 heteroatoms. The van der Waals surface area contributed by atoms with E-state index >= 15 is 0 Å². The summed E-state index contributed by atoms with van der Waals surface area (Å²) in [4.78, 5) is 26.5. The van der Waals surface area contributed by atoms with Crippen molar-refractivity contribution >= 4 is 29.4 Å². The number of aromatic nitrogens is 2. The summed E-state index contributed by atoms with van der Waals surface area (Å²) in [5.41, 5.74) is 0.513. The van der Waals surface area contributed by atoms with Gasteiger partial charge in [-0.3, -0.25) is 14.9 Å². The summed E-state index contributed by atoms with van der Waals surface area (Å²) in [5, 5.41) is 0.980. The number of hydrogen-bond acceptors (Lipinski definition) is 6. The van der Waals surface area contributed by atoms with E-state index in [2.05, 4.69) is 14.7 Å². The van der Waals surface area contributed by atoms with Crippen molar-refractivity contribution in [1.82, 2.24) is 9.36 Å². The molecule has 0 fully saturated rings. The molecule has 0 unspecified atom stereocenters. The quantitative estimate of drug-likeness (QED) is 0.683. The molecule has 0 radical (unpaired) electrons. The minimum absolute atomic E-state index is 0.0106. The number of ether oxygens (including phenoxy) is 1. The molecule has 1 aromatic carbocycles. The number of amides is 1. The van der Waals surface area contributed by atoms with Gasteiger partial charge in [0, 0.05) is 6.92 Å². The van der Waals surface area contributed by atoms with Crippen molar-refractivity contribution < 1.29 is 27.5 Å². The van der Waals surface area contributed by atoms with Gasteiger partial charge in [-0.25, -0.2) is 0 Å². The number of carbonyl (C=O) groups is 2. The number of nitrogens with zero attached hydrogens (tertiary/aromatic N) is 2. The van der Waals surface area contributed by atoms with Gasteiger partial charge in [-0.2, -0.15) is 22.5 Å². The van der Waals surface area contributed by atoms with Crippen LogP contribution < -0.4 is 10.1 Å². The van der Waals surface area contributed by atoms with Crippen molar-refractivity contribution in [2.24, 2.45) is 0 Å². The van der Waals surface area contributed by atoms with Gasteiger partial charge in [0.25, 0.3) is 5.91 Å². The highest BCUT2D eigenvalue weighted by molar-refractivity contribution is 7.05. The lowest BCUT2D eigenvalue weighted by Gasteiger charge is -2.10. The number of esters is 1. The van der Waals surface area contributed by atoms with E-state index in [1.165, 1.54) is 13.0 Å². The van der Waals surface area contributed by atoms with Crippen LogP contribution in [0.5, 0.6) is 5.75 Å². The highest BCUT2D eigenvalue weighted by Gasteiger charge is 2.35. The van der Waals surface area contributed by atoms with Crippen molar-refractivity contribution in [2.75, 3.05) is 5.32 Å². The van der Waals surface area contributed by atoms with E-state index in [1.807, 2.05) is 0 Å². The van der Waals surface area contributed by atoms with Crippen LogP contribution in [0.15, 0.2) is 18.2 Å². The first-order valence-corrected chi connectivity index (χ1v) is 6.96. The van der Waals surface area contributed by atoms with Crippen LogP contribution in [0.3, 0.4) is 0 Å². The molecule has 0 aliphatic heterocycles. The molecule has 0 bridgehead atoms. The number of aryl methyl sites for hydroxylation is 1. The fourth-order valence-electron chi connectivity index (χ4n) is 1.67. The molecule has 0 spiro atoms. The van der Waals surface area contributed by atoms with Crippen LogP contribution >= 0.6 is 11.5 Å². The van der Waals surface area contributed by atoms with E-state index in [4.69, 9.17) is 4.74 Å². The molecule has 0 saturated heterocycles. The molecule has 0 saturated carbocycles. The zero-order valence-corrected chi connectivity index (χ0v) is 12.7. The number of alkyl halides is 3. The second kappa shape index (κ2) is 6.32. The zero-order chi connectivity index (χ0) is 17.2. The van der Waals surface area contributed by atoms with Gasteiger partial charge in [-0.05, 0) is 30.1 Å². The summed E-state index contributed by atoms with van der Waals surface area (Å²) >= 11 is 0.125. The van der Waals surface area contributed by atoms with Crippen molar-refractivity contribution in [3.05, 3.63) is 34.3 Å². The van der Waals surface area contributed by atoms with Crippen molar-refractivity contribution in [3.8, 4) is 5.75 Å². The third-order valence-electron chi connectivity index (χ3n) is 2.60. The average molecular weight is 345 g/mol. The highest BCUT2D eigenvalue weighted by atomic mass is 32.1. The van der Waals surface area contributed by atoms with Crippen LogP contribution in [-0.2, 0) is 11.0 Å². The minimum atomic E-state index is -4.63. The Hall–Kier alpha value is -2.49. The largest absolute Gasteiger partial charge is 0.444 e. The van der Waals surface area contributed by atoms with E-state index in [1.54, 1.807) is 19.1 Å². The van der Waals surface area contributed by atoms with Crippen LogP contribution in [0.2, 0.25) is 0 Å². The highest BCUT2D eigenvalue weighted by Crippen LogP contribution is 2.31. The minimum Gasteiger partial charge on any atom is -0.426 e. The molecule has 0 aliphatic carbocycles. The van der Waals surface area contributed by atoms with E-state index in [-0.39, 0.29) is 22.8 Å². The monoisotopic (exact) mass is 345 g/mol. The Kier molecular flexibility index (Phi) is 4.64. The number of para-hydroxylation sites is 1. The Morgan fingerprint density at radius 1 is 1.30 bits per heavy atom. The Morgan fingerprint density at radius 3 is 2.57 bits per heavy atom. The Morgan fingerprint density at radius 2 is 2.00 bits per heavy atom. The van der Waals surface area contributed by atoms with Gasteiger partial charge in [0.15, 0.2) is 0 Å². The molecule has 1 heterocycles. The summed E-state index contributed by atoms with van der Waals surface area (Å²) in [6, 6.07) is 4.54. The molecule has 2 aromatic rings. The fraction of sp³-hybridized carbons (Fsp3) is 0.231. The van der Waals surface area contributed by atoms with E-state index < -0.39 is 29.0 Å². The Bertz CT molecular complexity index is 758. The summed E-state index contributed by atoms with van der Waals surface area (Å²) in [5.74, 6) is -1.85. The molecule has 122 valence electrons. The lowest BCUT2D eigenvalue weighted by atomic mass is 10.1. The molecular formula is C13H10F3N3O3S. The van der Waals surface area contributed by atoms with Crippen molar-refractivity contribution in [3.63, 3.8) is 0 Å². The third kappa shape index (κ3) is 4.03. The first-order valence-electron chi connectivity index (χ1n) is 6.18.